The number of nitrogens with zero attached hydrogens (tertiary/aromatic N) is 3. The Morgan fingerprint density at radius 1 is 1.12 bits per heavy atom. The zero-order chi connectivity index (χ0) is 17.1. The van der Waals surface area contributed by atoms with Crippen LogP contribution in [0.15, 0.2) is 48.5 Å². The molecule has 0 N–H and O–H groups in total. The van der Waals surface area contributed by atoms with E-state index in [4.69, 9.17) is 5.26 Å². The Hall–Kier alpha value is -3.30. The number of aryl methyl sites for hydroxylation is 1. The normalized spacial score (nSPS) is 11.2. The minimum Gasteiger partial charge on any atom is -0.345 e. The number of aromatic nitrogens is 1. The van der Waals surface area contributed by atoms with Gasteiger partial charge in [-0.25, -0.2) is 0 Å². The van der Waals surface area contributed by atoms with Crippen LogP contribution in [0.3, 0.4) is 0 Å². The molecule has 116 valence electrons. The Bertz CT molecular complexity index is 1020. The summed E-state index contributed by atoms with van der Waals surface area (Å²) in [6.07, 6.45) is 1.93. The SMILES string of the molecule is CCn1c(C)c(/C=C(\C#N)c2cccc(C#N)c2)c2ccccc21. The smallest absolute Gasteiger partial charge is 0.0998 e. The number of benzene rings is 2. The predicted molar refractivity (Wildman–Crippen MR) is 97.0 cm³/mol. The van der Waals surface area contributed by atoms with Gasteiger partial charge in [0.15, 0.2) is 0 Å². The average molecular weight is 311 g/mol. The molecule has 0 fully saturated rings. The largest absolute Gasteiger partial charge is 0.345 e. The Balaban J connectivity index is 2.23. The summed E-state index contributed by atoms with van der Waals surface area (Å²) >= 11 is 0. The van der Waals surface area contributed by atoms with Gasteiger partial charge in [-0.05, 0) is 43.7 Å². The van der Waals surface area contributed by atoms with Gasteiger partial charge in [-0.15, -0.1) is 0 Å². The Morgan fingerprint density at radius 2 is 1.92 bits per heavy atom. The van der Waals surface area contributed by atoms with E-state index in [2.05, 4.69) is 42.7 Å². The van der Waals surface area contributed by atoms with Crippen molar-refractivity contribution in [2.45, 2.75) is 20.4 Å². The fourth-order valence-corrected chi connectivity index (χ4v) is 3.13. The third kappa shape index (κ3) is 2.57. The second-order valence-electron chi connectivity index (χ2n) is 5.62. The number of nitriles is 2. The predicted octanol–water partition coefficient (Wildman–Crippen LogP) is 4.91. The molecule has 0 unspecified atom stereocenters. The maximum absolute atomic E-state index is 9.62. The van der Waals surface area contributed by atoms with Gasteiger partial charge >= 0.3 is 0 Å². The number of rotatable bonds is 3. The first-order valence-corrected chi connectivity index (χ1v) is 7.89. The fourth-order valence-electron chi connectivity index (χ4n) is 3.13. The molecule has 0 aliphatic carbocycles. The molecule has 0 amide bonds. The van der Waals surface area contributed by atoms with Gasteiger partial charge in [-0.2, -0.15) is 10.5 Å². The molecule has 0 saturated carbocycles. The molecule has 3 nitrogen and oxygen atoms in total. The summed E-state index contributed by atoms with van der Waals surface area (Å²) < 4.78 is 2.25. The van der Waals surface area contributed by atoms with Crippen LogP contribution in [0, 0.1) is 29.6 Å². The minimum atomic E-state index is 0.557. The number of para-hydroxylation sites is 1. The first-order valence-electron chi connectivity index (χ1n) is 7.89. The monoisotopic (exact) mass is 311 g/mol. The van der Waals surface area contributed by atoms with E-state index in [1.807, 2.05) is 24.3 Å². The van der Waals surface area contributed by atoms with Gasteiger partial charge in [0.25, 0.3) is 0 Å². The third-order valence-corrected chi connectivity index (χ3v) is 4.31. The average Bonchev–Trinajstić information content (AvgIpc) is 2.90. The molecule has 2 aromatic carbocycles. The maximum atomic E-state index is 9.62. The van der Waals surface area contributed by atoms with Crippen molar-refractivity contribution in [2.24, 2.45) is 0 Å². The molecule has 0 atom stereocenters. The molecule has 0 aliphatic heterocycles. The van der Waals surface area contributed by atoms with Crippen LogP contribution in [-0.4, -0.2) is 4.57 Å². The van der Waals surface area contributed by atoms with E-state index in [0.29, 0.717) is 11.1 Å². The molecular formula is C21H17N3. The van der Waals surface area contributed by atoms with Gasteiger partial charge in [0.1, 0.15) is 0 Å². The lowest BCUT2D eigenvalue weighted by Crippen LogP contribution is -1.96. The van der Waals surface area contributed by atoms with E-state index in [1.165, 1.54) is 5.52 Å². The number of hydrogen-bond donors (Lipinski definition) is 0. The van der Waals surface area contributed by atoms with Crippen molar-refractivity contribution < 1.29 is 0 Å². The lowest BCUT2D eigenvalue weighted by atomic mass is 10.0. The van der Waals surface area contributed by atoms with Crippen LogP contribution < -0.4 is 0 Å². The Morgan fingerprint density at radius 3 is 2.62 bits per heavy atom. The van der Waals surface area contributed by atoms with Crippen LogP contribution in [0.5, 0.6) is 0 Å². The molecule has 0 spiro atoms. The molecule has 1 heterocycles. The fraction of sp³-hybridized carbons (Fsp3) is 0.143. The first kappa shape index (κ1) is 15.6. The van der Waals surface area contributed by atoms with Crippen molar-refractivity contribution in [1.29, 1.82) is 10.5 Å². The molecule has 0 aliphatic rings. The first-order chi connectivity index (χ1) is 11.7. The third-order valence-electron chi connectivity index (χ3n) is 4.31. The Kier molecular flexibility index (Phi) is 4.18. The highest BCUT2D eigenvalue weighted by atomic mass is 15.0. The number of allylic oxidation sites excluding steroid dienone is 1. The van der Waals surface area contributed by atoms with Gasteiger partial charge in [0.2, 0.25) is 0 Å². The van der Waals surface area contributed by atoms with Gasteiger partial charge in [-0.3, -0.25) is 0 Å². The van der Waals surface area contributed by atoms with Crippen LogP contribution in [0.1, 0.15) is 29.3 Å². The van der Waals surface area contributed by atoms with E-state index < -0.39 is 0 Å². The van der Waals surface area contributed by atoms with E-state index in [9.17, 15) is 5.26 Å². The van der Waals surface area contributed by atoms with Crippen LogP contribution in [-0.2, 0) is 6.54 Å². The van der Waals surface area contributed by atoms with Crippen molar-refractivity contribution in [3.05, 3.63) is 70.9 Å². The lowest BCUT2D eigenvalue weighted by Gasteiger charge is -2.04. The zero-order valence-corrected chi connectivity index (χ0v) is 13.7. The quantitative estimate of drug-likeness (QED) is 0.646. The molecule has 3 heteroatoms. The van der Waals surface area contributed by atoms with Gasteiger partial charge in [-0.1, -0.05) is 30.3 Å². The van der Waals surface area contributed by atoms with Crippen LogP contribution in [0.4, 0.5) is 0 Å². The van der Waals surface area contributed by atoms with Crippen molar-refractivity contribution in [3.8, 4) is 12.1 Å². The van der Waals surface area contributed by atoms with E-state index in [0.717, 1.165) is 28.8 Å². The van der Waals surface area contributed by atoms with Crippen molar-refractivity contribution >= 4 is 22.6 Å². The summed E-state index contributed by atoms with van der Waals surface area (Å²) in [5.74, 6) is 0. The summed E-state index contributed by atoms with van der Waals surface area (Å²) in [7, 11) is 0. The van der Waals surface area contributed by atoms with Crippen LogP contribution in [0.2, 0.25) is 0 Å². The lowest BCUT2D eigenvalue weighted by molar-refractivity contribution is 0.769. The van der Waals surface area contributed by atoms with E-state index >= 15 is 0 Å². The molecule has 0 saturated heterocycles. The highest BCUT2D eigenvalue weighted by molar-refractivity contribution is 5.99. The van der Waals surface area contributed by atoms with Crippen molar-refractivity contribution in [2.75, 3.05) is 0 Å². The summed E-state index contributed by atoms with van der Waals surface area (Å²) in [4.78, 5) is 0. The van der Waals surface area contributed by atoms with Crippen molar-refractivity contribution in [1.82, 2.24) is 4.57 Å². The highest BCUT2D eigenvalue weighted by Crippen LogP contribution is 2.29. The second-order valence-corrected chi connectivity index (χ2v) is 5.62. The van der Waals surface area contributed by atoms with Gasteiger partial charge in [0, 0.05) is 28.7 Å². The minimum absolute atomic E-state index is 0.557. The summed E-state index contributed by atoms with van der Waals surface area (Å²) in [5, 5.41) is 19.8. The summed E-state index contributed by atoms with van der Waals surface area (Å²) in [5.41, 5.74) is 5.26. The summed E-state index contributed by atoms with van der Waals surface area (Å²) in [6, 6.07) is 19.8. The Labute approximate surface area is 141 Å². The van der Waals surface area contributed by atoms with Crippen molar-refractivity contribution in [3.63, 3.8) is 0 Å². The molecular weight excluding hydrogens is 294 g/mol. The molecule has 24 heavy (non-hydrogen) atoms. The molecule has 3 rings (SSSR count). The second kappa shape index (κ2) is 6.44. The van der Waals surface area contributed by atoms with Gasteiger partial charge in [0.05, 0.1) is 23.3 Å². The van der Waals surface area contributed by atoms with Crippen LogP contribution in [0.25, 0.3) is 22.6 Å². The molecule has 0 bridgehead atoms. The van der Waals surface area contributed by atoms with E-state index in [1.54, 1.807) is 18.2 Å². The topological polar surface area (TPSA) is 52.5 Å². The highest BCUT2D eigenvalue weighted by Gasteiger charge is 2.12. The maximum Gasteiger partial charge on any atom is 0.0998 e. The number of fused-ring (bicyclic) bond motifs is 1. The molecule has 3 aromatic rings. The zero-order valence-electron chi connectivity index (χ0n) is 13.7. The summed E-state index contributed by atoms with van der Waals surface area (Å²) in [6.45, 7) is 5.08. The molecule has 0 radical (unpaired) electrons. The van der Waals surface area contributed by atoms with Crippen LogP contribution >= 0.6 is 0 Å². The standard InChI is InChI=1S/C21H17N3/c1-3-24-15(2)20(19-9-4-5-10-21(19)24)12-18(14-23)17-8-6-7-16(11-17)13-22/h4-12H,3H2,1-2H3/b18-12+. The molecule has 1 aromatic heterocycles. The van der Waals surface area contributed by atoms with E-state index in [-0.39, 0.29) is 0 Å². The van der Waals surface area contributed by atoms with Gasteiger partial charge < -0.3 is 4.57 Å². The number of hydrogen-bond acceptors (Lipinski definition) is 2.